The Bertz CT molecular complexity index is 201. The van der Waals surface area contributed by atoms with Crippen molar-refractivity contribution in [2.24, 2.45) is 10.7 Å². The Hall–Kier alpha value is -1.25. The monoisotopic (exact) mass is 137 g/mol. The van der Waals surface area contributed by atoms with Gasteiger partial charge in [-0.1, -0.05) is 6.08 Å². The Morgan fingerprint density at radius 2 is 2.60 bits per heavy atom. The predicted molar refractivity (Wildman–Crippen MR) is 42.8 cm³/mol. The zero-order chi connectivity index (χ0) is 7.40. The lowest BCUT2D eigenvalue weighted by atomic mass is 10.2. The minimum absolute atomic E-state index is 0.835. The number of hydrogen-bond donors (Lipinski definition) is 2. The smallest absolute Gasteiger partial charge is 0.0814 e. The van der Waals surface area contributed by atoms with Gasteiger partial charge in [0.1, 0.15) is 0 Å². The Labute approximate surface area is 60.3 Å². The maximum Gasteiger partial charge on any atom is 0.0814 e. The van der Waals surface area contributed by atoms with E-state index in [2.05, 4.69) is 10.3 Å². The van der Waals surface area contributed by atoms with Crippen LogP contribution >= 0.6 is 0 Å². The van der Waals surface area contributed by atoms with Crippen LogP contribution in [-0.4, -0.2) is 19.3 Å². The molecule has 10 heavy (non-hydrogen) atoms. The van der Waals surface area contributed by atoms with Gasteiger partial charge in [0.15, 0.2) is 0 Å². The van der Waals surface area contributed by atoms with E-state index < -0.39 is 0 Å². The first-order valence-electron chi connectivity index (χ1n) is 3.18. The summed E-state index contributed by atoms with van der Waals surface area (Å²) in [7, 11) is 1.75. The second kappa shape index (κ2) is 3.06. The Morgan fingerprint density at radius 3 is 3.10 bits per heavy atom. The summed E-state index contributed by atoms with van der Waals surface area (Å²) in [4.78, 5) is 4.02. The van der Waals surface area contributed by atoms with Crippen LogP contribution in [0.15, 0.2) is 29.0 Å². The van der Waals surface area contributed by atoms with E-state index in [1.807, 2.05) is 12.2 Å². The summed E-state index contributed by atoms with van der Waals surface area (Å²) >= 11 is 0. The molecule has 1 aliphatic heterocycles. The van der Waals surface area contributed by atoms with Gasteiger partial charge in [-0.05, 0) is 6.08 Å². The summed E-state index contributed by atoms with van der Waals surface area (Å²) in [5, 5.41) is 3.09. The molecule has 1 heterocycles. The first-order chi connectivity index (χ1) is 4.88. The van der Waals surface area contributed by atoms with Crippen molar-refractivity contribution in [1.82, 2.24) is 5.32 Å². The van der Waals surface area contributed by atoms with Crippen molar-refractivity contribution < 1.29 is 0 Å². The molecule has 54 valence electrons. The largest absolute Gasteiger partial charge is 0.403 e. The lowest BCUT2D eigenvalue weighted by molar-refractivity contribution is 0.931. The maximum absolute atomic E-state index is 5.33. The van der Waals surface area contributed by atoms with Gasteiger partial charge in [-0.25, -0.2) is 0 Å². The van der Waals surface area contributed by atoms with Gasteiger partial charge in [0.25, 0.3) is 0 Å². The summed E-state index contributed by atoms with van der Waals surface area (Å²) in [5.41, 5.74) is 7.15. The number of nitrogens with one attached hydrogen (secondary N) is 1. The summed E-state index contributed by atoms with van der Waals surface area (Å²) in [6.45, 7) is 0.835. The van der Waals surface area contributed by atoms with E-state index in [9.17, 15) is 0 Å². The minimum atomic E-state index is 0.835. The highest BCUT2D eigenvalue weighted by Gasteiger charge is 2.03. The number of hydrogen-bond acceptors (Lipinski definition) is 3. The van der Waals surface area contributed by atoms with Crippen molar-refractivity contribution >= 4 is 5.71 Å². The standard InChI is InChI=1S/C7H11N3/c1-9-6-3-2-4-10-7(6)5-8/h2-3,5,10H,4,8H2,1H3. The second-order valence-electron chi connectivity index (χ2n) is 1.97. The fraction of sp³-hybridized carbons (Fsp3) is 0.286. The summed E-state index contributed by atoms with van der Waals surface area (Å²) in [6.07, 6.45) is 5.50. The fourth-order valence-electron chi connectivity index (χ4n) is 0.859. The molecule has 0 aromatic heterocycles. The van der Waals surface area contributed by atoms with Crippen LogP contribution in [0.25, 0.3) is 0 Å². The van der Waals surface area contributed by atoms with Crippen LogP contribution in [0, 0.1) is 0 Å². The third-order valence-electron chi connectivity index (χ3n) is 1.37. The van der Waals surface area contributed by atoms with E-state index >= 15 is 0 Å². The van der Waals surface area contributed by atoms with Crippen molar-refractivity contribution in [2.75, 3.05) is 13.6 Å². The quantitative estimate of drug-likeness (QED) is 0.494. The molecule has 3 nitrogen and oxygen atoms in total. The molecule has 0 aromatic rings. The van der Waals surface area contributed by atoms with Gasteiger partial charge in [-0.15, -0.1) is 0 Å². The molecule has 0 unspecified atom stereocenters. The minimum Gasteiger partial charge on any atom is -0.403 e. The molecule has 0 fully saturated rings. The van der Waals surface area contributed by atoms with Crippen molar-refractivity contribution in [2.45, 2.75) is 0 Å². The van der Waals surface area contributed by atoms with E-state index in [1.54, 1.807) is 7.05 Å². The third-order valence-corrected chi connectivity index (χ3v) is 1.37. The van der Waals surface area contributed by atoms with Crippen LogP contribution in [-0.2, 0) is 0 Å². The van der Waals surface area contributed by atoms with Crippen LogP contribution in [0.3, 0.4) is 0 Å². The van der Waals surface area contributed by atoms with Gasteiger partial charge >= 0.3 is 0 Å². The molecule has 3 heteroatoms. The first kappa shape index (κ1) is 6.86. The average molecular weight is 137 g/mol. The Kier molecular flexibility index (Phi) is 2.10. The van der Waals surface area contributed by atoms with Crippen molar-refractivity contribution in [3.05, 3.63) is 24.0 Å². The highest BCUT2D eigenvalue weighted by Crippen LogP contribution is 1.98. The van der Waals surface area contributed by atoms with Crippen LogP contribution in [0.2, 0.25) is 0 Å². The molecule has 0 aliphatic carbocycles. The van der Waals surface area contributed by atoms with E-state index in [-0.39, 0.29) is 0 Å². The molecular formula is C7H11N3. The average Bonchev–Trinajstić information content (AvgIpc) is 2.04. The molecule has 0 radical (unpaired) electrons. The van der Waals surface area contributed by atoms with Crippen molar-refractivity contribution in [1.29, 1.82) is 0 Å². The number of aliphatic imine (C=N–C) groups is 1. The second-order valence-corrected chi connectivity index (χ2v) is 1.97. The van der Waals surface area contributed by atoms with Crippen LogP contribution in [0.5, 0.6) is 0 Å². The fourth-order valence-corrected chi connectivity index (χ4v) is 0.859. The molecule has 1 rings (SSSR count). The third kappa shape index (κ3) is 1.18. The first-order valence-corrected chi connectivity index (χ1v) is 3.18. The molecule has 0 bridgehead atoms. The molecule has 0 aromatic carbocycles. The number of allylic oxidation sites excluding steroid dienone is 1. The predicted octanol–water partition coefficient (Wildman–Crippen LogP) is 0.0167. The molecule has 0 amide bonds. The summed E-state index contributed by atoms with van der Waals surface area (Å²) < 4.78 is 0. The van der Waals surface area contributed by atoms with Crippen molar-refractivity contribution in [3.63, 3.8) is 0 Å². The van der Waals surface area contributed by atoms with Gasteiger partial charge < -0.3 is 11.1 Å². The number of rotatable bonds is 0. The lowest BCUT2D eigenvalue weighted by Gasteiger charge is -2.12. The van der Waals surface area contributed by atoms with E-state index in [1.165, 1.54) is 6.20 Å². The molecule has 0 atom stereocenters. The Balaban J connectivity index is 2.86. The van der Waals surface area contributed by atoms with E-state index in [0.29, 0.717) is 0 Å². The topological polar surface area (TPSA) is 50.4 Å². The lowest BCUT2D eigenvalue weighted by Crippen LogP contribution is -2.24. The molecule has 1 aliphatic rings. The highest BCUT2D eigenvalue weighted by molar-refractivity contribution is 6.08. The number of nitrogens with two attached hydrogens (primary N) is 1. The van der Waals surface area contributed by atoms with E-state index in [4.69, 9.17) is 5.73 Å². The summed E-state index contributed by atoms with van der Waals surface area (Å²) in [6, 6.07) is 0. The van der Waals surface area contributed by atoms with Gasteiger partial charge in [0, 0.05) is 19.8 Å². The van der Waals surface area contributed by atoms with Crippen LogP contribution < -0.4 is 11.1 Å². The SMILES string of the molecule is CN=C1C=CCNC1=CN. The highest BCUT2D eigenvalue weighted by atomic mass is 14.9. The van der Waals surface area contributed by atoms with E-state index in [0.717, 1.165) is 18.0 Å². The summed E-state index contributed by atoms with van der Waals surface area (Å²) in [5.74, 6) is 0. The van der Waals surface area contributed by atoms with Crippen molar-refractivity contribution in [3.8, 4) is 0 Å². The maximum atomic E-state index is 5.33. The van der Waals surface area contributed by atoms with Crippen LogP contribution in [0.1, 0.15) is 0 Å². The van der Waals surface area contributed by atoms with Gasteiger partial charge in [-0.3, -0.25) is 4.99 Å². The Morgan fingerprint density at radius 1 is 1.80 bits per heavy atom. The number of nitrogens with zero attached hydrogens (tertiary/aromatic N) is 1. The zero-order valence-electron chi connectivity index (χ0n) is 5.96. The van der Waals surface area contributed by atoms with Crippen LogP contribution in [0.4, 0.5) is 0 Å². The molecule has 3 N–H and O–H groups in total. The van der Waals surface area contributed by atoms with Gasteiger partial charge in [0.2, 0.25) is 0 Å². The van der Waals surface area contributed by atoms with Gasteiger partial charge in [0.05, 0.1) is 11.4 Å². The molecular weight excluding hydrogens is 126 g/mol. The molecule has 0 spiro atoms. The van der Waals surface area contributed by atoms with Gasteiger partial charge in [-0.2, -0.15) is 0 Å². The molecule has 0 saturated heterocycles. The molecule has 0 saturated carbocycles. The normalized spacial score (nSPS) is 25.3. The zero-order valence-corrected chi connectivity index (χ0v) is 5.96.